The molecule has 5 rings (SSSR count). The maximum absolute atomic E-state index is 9.79. The lowest BCUT2D eigenvalue weighted by molar-refractivity contribution is 0.378. The van der Waals surface area contributed by atoms with E-state index in [9.17, 15) is 5.11 Å². The lowest BCUT2D eigenvalue weighted by Gasteiger charge is -2.23. The van der Waals surface area contributed by atoms with Crippen molar-refractivity contribution >= 4 is 22.4 Å². The quantitative estimate of drug-likeness (QED) is 0.629. The second-order valence-corrected chi connectivity index (χ2v) is 6.89. The predicted octanol–water partition coefficient (Wildman–Crippen LogP) is 3.88. The number of allylic oxidation sites excluding steroid dienone is 1. The highest BCUT2D eigenvalue weighted by molar-refractivity contribution is 5.91. The minimum atomic E-state index is 0.0960. The van der Waals surface area contributed by atoms with Crippen molar-refractivity contribution in [1.82, 2.24) is 20.2 Å². The molecule has 0 radical (unpaired) electrons. The molecule has 0 spiro atoms. The van der Waals surface area contributed by atoms with Crippen molar-refractivity contribution < 1.29 is 9.84 Å². The van der Waals surface area contributed by atoms with E-state index in [1.165, 1.54) is 6.33 Å². The van der Waals surface area contributed by atoms with Gasteiger partial charge in [0.25, 0.3) is 0 Å². The molecular weight excluding hydrogens is 366 g/mol. The van der Waals surface area contributed by atoms with Gasteiger partial charge in [0, 0.05) is 35.7 Å². The van der Waals surface area contributed by atoms with Crippen LogP contribution in [0.5, 0.6) is 11.5 Å². The number of rotatable bonds is 4. The van der Waals surface area contributed by atoms with Crippen LogP contribution in [0, 0.1) is 6.92 Å². The third-order valence-corrected chi connectivity index (χ3v) is 4.85. The van der Waals surface area contributed by atoms with Gasteiger partial charge in [-0.25, -0.2) is 9.97 Å². The van der Waals surface area contributed by atoms with Crippen molar-refractivity contribution in [2.45, 2.75) is 13.1 Å². The summed E-state index contributed by atoms with van der Waals surface area (Å²) in [5.74, 6) is 2.39. The molecule has 29 heavy (non-hydrogen) atoms. The summed E-state index contributed by atoms with van der Waals surface area (Å²) >= 11 is 0. The number of anilines is 2. The zero-order valence-electron chi connectivity index (χ0n) is 15.7. The molecular formula is C22H19N5O2. The molecule has 0 amide bonds. The fourth-order valence-electron chi connectivity index (χ4n) is 3.37. The number of ether oxygens (including phenoxy) is 1. The minimum absolute atomic E-state index is 0.0960. The summed E-state index contributed by atoms with van der Waals surface area (Å²) in [6.45, 7) is 2.00. The lowest BCUT2D eigenvalue weighted by Crippen LogP contribution is -2.32. The van der Waals surface area contributed by atoms with Gasteiger partial charge in [0.05, 0.1) is 5.52 Å². The molecule has 2 aromatic carbocycles. The van der Waals surface area contributed by atoms with Crippen molar-refractivity contribution in [3.8, 4) is 11.5 Å². The number of phenols is 1. The normalized spacial score (nSPS) is 17.1. The van der Waals surface area contributed by atoms with Crippen LogP contribution in [0.15, 0.2) is 79.2 Å². The first-order valence-corrected chi connectivity index (χ1v) is 9.25. The summed E-state index contributed by atoms with van der Waals surface area (Å²) in [5.41, 5.74) is 2.63. The number of nitrogens with zero attached hydrogens (tertiary/aromatic N) is 3. The van der Waals surface area contributed by atoms with Gasteiger partial charge in [-0.15, -0.1) is 0 Å². The summed E-state index contributed by atoms with van der Waals surface area (Å²) in [4.78, 5) is 10.6. The Morgan fingerprint density at radius 3 is 2.97 bits per heavy atom. The molecule has 1 atom stereocenters. The van der Waals surface area contributed by atoms with Gasteiger partial charge in [-0.2, -0.15) is 0 Å². The van der Waals surface area contributed by atoms with Crippen LogP contribution in [0.1, 0.15) is 5.56 Å². The number of aryl methyl sites for hydroxylation is 1. The molecule has 7 heteroatoms. The molecule has 0 bridgehead atoms. The molecule has 3 heterocycles. The molecule has 0 saturated carbocycles. The van der Waals surface area contributed by atoms with E-state index in [2.05, 4.69) is 25.5 Å². The van der Waals surface area contributed by atoms with Gasteiger partial charge in [-0.1, -0.05) is 0 Å². The summed E-state index contributed by atoms with van der Waals surface area (Å²) in [5, 5.41) is 17.1. The third kappa shape index (κ3) is 3.34. The SMILES string of the molecule is Cc1cc(Nc2ncnc3ccc(O)cc23)ccc1OC1=CC2NC=CN2C=C1. The first-order chi connectivity index (χ1) is 14.2. The summed E-state index contributed by atoms with van der Waals surface area (Å²) in [6, 6.07) is 10.9. The molecule has 1 aromatic heterocycles. The van der Waals surface area contributed by atoms with Crippen LogP contribution in [0.4, 0.5) is 11.5 Å². The monoisotopic (exact) mass is 385 g/mol. The van der Waals surface area contributed by atoms with Gasteiger partial charge >= 0.3 is 0 Å². The standard InChI is InChI=1S/C22H19N5O2/c1-14-10-15(26-22-18-11-16(28)3-4-19(18)24-13-25-22)2-5-20(14)29-17-6-8-27-9-7-23-21(27)12-17/h2-13,21,23,28H,1H3,(H,24,25,26). The smallest absolute Gasteiger partial charge is 0.141 e. The number of aromatic nitrogens is 2. The van der Waals surface area contributed by atoms with Crippen LogP contribution in [0.25, 0.3) is 10.9 Å². The van der Waals surface area contributed by atoms with E-state index in [0.29, 0.717) is 5.82 Å². The van der Waals surface area contributed by atoms with Gasteiger partial charge in [-0.3, -0.25) is 0 Å². The molecule has 2 aliphatic heterocycles. The van der Waals surface area contributed by atoms with Crippen molar-refractivity contribution in [1.29, 1.82) is 0 Å². The number of phenolic OH excluding ortho intramolecular Hbond substituents is 1. The predicted molar refractivity (Wildman–Crippen MR) is 111 cm³/mol. The maximum atomic E-state index is 9.79. The Hall–Kier alpha value is -4.00. The van der Waals surface area contributed by atoms with Gasteiger partial charge in [0.1, 0.15) is 35.6 Å². The van der Waals surface area contributed by atoms with Crippen molar-refractivity contribution in [3.63, 3.8) is 0 Å². The largest absolute Gasteiger partial charge is 0.508 e. The second-order valence-electron chi connectivity index (χ2n) is 6.89. The fourth-order valence-corrected chi connectivity index (χ4v) is 3.37. The van der Waals surface area contributed by atoms with Crippen LogP contribution in [0.3, 0.4) is 0 Å². The number of nitrogens with one attached hydrogen (secondary N) is 2. The number of aromatic hydroxyl groups is 1. The number of benzene rings is 2. The van der Waals surface area contributed by atoms with Gasteiger partial charge in [0.2, 0.25) is 0 Å². The second kappa shape index (κ2) is 6.87. The van der Waals surface area contributed by atoms with Crippen molar-refractivity contribution in [2.24, 2.45) is 0 Å². The molecule has 1 unspecified atom stereocenters. The fraction of sp³-hybridized carbons (Fsp3) is 0.0909. The lowest BCUT2D eigenvalue weighted by atomic mass is 10.2. The average Bonchev–Trinajstić information content (AvgIpc) is 3.18. The summed E-state index contributed by atoms with van der Waals surface area (Å²) < 4.78 is 6.08. The Morgan fingerprint density at radius 2 is 2.07 bits per heavy atom. The van der Waals surface area contributed by atoms with Gasteiger partial charge < -0.3 is 25.4 Å². The highest BCUT2D eigenvalue weighted by Crippen LogP contribution is 2.30. The first-order valence-electron chi connectivity index (χ1n) is 9.25. The Morgan fingerprint density at radius 1 is 1.14 bits per heavy atom. The minimum Gasteiger partial charge on any atom is -0.508 e. The van der Waals surface area contributed by atoms with E-state index >= 15 is 0 Å². The molecule has 144 valence electrons. The van der Waals surface area contributed by atoms with Crippen LogP contribution in [-0.4, -0.2) is 26.1 Å². The molecule has 0 saturated heterocycles. The molecule has 0 aliphatic carbocycles. The summed E-state index contributed by atoms with van der Waals surface area (Å²) in [6.07, 6.45) is 11.5. The van der Waals surface area contributed by atoms with E-state index in [1.807, 2.05) is 55.9 Å². The zero-order valence-corrected chi connectivity index (χ0v) is 15.7. The van der Waals surface area contributed by atoms with E-state index in [4.69, 9.17) is 4.74 Å². The summed E-state index contributed by atoms with van der Waals surface area (Å²) in [7, 11) is 0. The number of fused-ring (bicyclic) bond motifs is 2. The highest BCUT2D eigenvalue weighted by atomic mass is 16.5. The zero-order chi connectivity index (χ0) is 19.8. The average molecular weight is 385 g/mol. The Kier molecular flexibility index (Phi) is 4.05. The van der Waals surface area contributed by atoms with Crippen molar-refractivity contribution in [2.75, 3.05) is 5.32 Å². The maximum Gasteiger partial charge on any atom is 0.141 e. The van der Waals surface area contributed by atoms with Gasteiger partial charge in [0.15, 0.2) is 0 Å². The number of hydrogen-bond acceptors (Lipinski definition) is 7. The molecule has 2 aliphatic rings. The van der Waals surface area contributed by atoms with Crippen molar-refractivity contribution in [3.05, 3.63) is 84.8 Å². The topological polar surface area (TPSA) is 82.5 Å². The van der Waals surface area contributed by atoms with Crippen LogP contribution < -0.4 is 15.4 Å². The van der Waals surface area contributed by atoms with E-state index < -0.39 is 0 Å². The van der Waals surface area contributed by atoms with Crippen LogP contribution >= 0.6 is 0 Å². The molecule has 3 aromatic rings. The molecule has 3 N–H and O–H groups in total. The molecule has 0 fully saturated rings. The van der Waals surface area contributed by atoms with E-state index in [-0.39, 0.29) is 11.9 Å². The van der Waals surface area contributed by atoms with Crippen LogP contribution in [-0.2, 0) is 0 Å². The van der Waals surface area contributed by atoms with Crippen LogP contribution in [0.2, 0.25) is 0 Å². The molecule has 7 nitrogen and oxygen atoms in total. The Labute approximate surface area is 167 Å². The number of hydrogen-bond donors (Lipinski definition) is 3. The van der Waals surface area contributed by atoms with E-state index in [1.54, 1.807) is 18.2 Å². The Bertz CT molecular complexity index is 1190. The Balaban J connectivity index is 1.37. The first kappa shape index (κ1) is 17.1. The van der Waals surface area contributed by atoms with Gasteiger partial charge in [-0.05, 0) is 55.0 Å². The highest BCUT2D eigenvalue weighted by Gasteiger charge is 2.19. The van der Waals surface area contributed by atoms with E-state index in [0.717, 1.165) is 33.7 Å². The third-order valence-electron chi connectivity index (χ3n) is 4.85.